The molecule has 0 radical (unpaired) electrons. The van der Waals surface area contributed by atoms with Crippen LogP contribution >= 0.6 is 0 Å². The molecule has 23 heavy (non-hydrogen) atoms. The van der Waals surface area contributed by atoms with Crippen LogP contribution in [0.2, 0.25) is 0 Å². The Labute approximate surface area is 142 Å². The number of esters is 1. The Morgan fingerprint density at radius 3 is 2.74 bits per heavy atom. The fourth-order valence-electron chi connectivity index (χ4n) is 5.13. The highest BCUT2D eigenvalue weighted by Gasteiger charge is 2.52. The van der Waals surface area contributed by atoms with Gasteiger partial charge in [-0.3, -0.25) is 0 Å². The molecule has 0 heterocycles. The van der Waals surface area contributed by atoms with Crippen molar-refractivity contribution in [2.45, 2.75) is 73.1 Å². The predicted molar refractivity (Wildman–Crippen MR) is 96.1 cm³/mol. The molecule has 2 aliphatic carbocycles. The van der Waals surface area contributed by atoms with Gasteiger partial charge in [0.15, 0.2) is 0 Å². The van der Waals surface area contributed by atoms with Crippen molar-refractivity contribution in [3.63, 3.8) is 0 Å². The van der Waals surface area contributed by atoms with Crippen molar-refractivity contribution in [1.29, 1.82) is 0 Å². The molecule has 0 spiro atoms. The van der Waals surface area contributed by atoms with E-state index < -0.39 is 0 Å². The van der Waals surface area contributed by atoms with Crippen molar-refractivity contribution < 1.29 is 9.53 Å². The molecule has 130 valence electrons. The summed E-state index contributed by atoms with van der Waals surface area (Å²) in [7, 11) is 1.44. The molecule has 2 aliphatic rings. The second-order valence-corrected chi connectivity index (χ2v) is 8.39. The Kier molecular flexibility index (Phi) is 5.43. The first-order chi connectivity index (χ1) is 10.7. The van der Waals surface area contributed by atoms with Crippen LogP contribution in [0.5, 0.6) is 0 Å². The molecule has 0 N–H and O–H groups in total. The van der Waals surface area contributed by atoms with E-state index >= 15 is 0 Å². The molecule has 0 saturated heterocycles. The van der Waals surface area contributed by atoms with Crippen LogP contribution in [0.4, 0.5) is 0 Å². The van der Waals surface area contributed by atoms with Crippen molar-refractivity contribution in [2.24, 2.45) is 22.7 Å². The molecule has 2 nitrogen and oxygen atoms in total. The summed E-state index contributed by atoms with van der Waals surface area (Å²) in [6.45, 7) is 11.8. The molecule has 0 aromatic carbocycles. The topological polar surface area (TPSA) is 26.3 Å². The van der Waals surface area contributed by atoms with Crippen molar-refractivity contribution >= 4 is 5.97 Å². The van der Waals surface area contributed by atoms with Gasteiger partial charge in [0.05, 0.1) is 7.11 Å². The van der Waals surface area contributed by atoms with Gasteiger partial charge in [0.25, 0.3) is 0 Å². The Bertz CT molecular complexity index is 516. The number of hydrogen-bond donors (Lipinski definition) is 0. The van der Waals surface area contributed by atoms with Crippen LogP contribution in [0.3, 0.4) is 0 Å². The van der Waals surface area contributed by atoms with Crippen LogP contribution in [0.15, 0.2) is 23.3 Å². The van der Waals surface area contributed by atoms with Crippen LogP contribution in [0.1, 0.15) is 73.1 Å². The van der Waals surface area contributed by atoms with Crippen LogP contribution in [0, 0.1) is 22.7 Å². The highest BCUT2D eigenvalue weighted by atomic mass is 16.5. The van der Waals surface area contributed by atoms with Crippen LogP contribution < -0.4 is 0 Å². The molecule has 2 heteroatoms. The van der Waals surface area contributed by atoms with E-state index in [0.29, 0.717) is 10.8 Å². The quantitative estimate of drug-likeness (QED) is 0.378. The van der Waals surface area contributed by atoms with E-state index in [4.69, 9.17) is 4.74 Å². The summed E-state index contributed by atoms with van der Waals surface area (Å²) in [5, 5.41) is 0. The molecule has 4 unspecified atom stereocenters. The first kappa shape index (κ1) is 18.3. The molecule has 0 bridgehead atoms. The zero-order chi connectivity index (χ0) is 17.3. The number of methoxy groups -OCH3 is 1. The van der Waals surface area contributed by atoms with Gasteiger partial charge in [0, 0.05) is 6.08 Å². The van der Waals surface area contributed by atoms with E-state index in [2.05, 4.69) is 40.7 Å². The zero-order valence-electron chi connectivity index (χ0n) is 15.9. The number of carbonyl (C=O) groups is 1. The van der Waals surface area contributed by atoms with Crippen molar-refractivity contribution in [3.8, 4) is 0 Å². The maximum absolute atomic E-state index is 11.4. The lowest BCUT2D eigenvalue weighted by Gasteiger charge is -2.58. The molecule has 2 rings (SSSR count). The minimum atomic E-state index is -0.231. The third kappa shape index (κ3) is 3.41. The second kappa shape index (κ2) is 6.83. The lowest BCUT2D eigenvalue weighted by Crippen LogP contribution is -2.49. The standard InChI is InChI=1S/C21H34O2/c1-15(14-19(22)23-6)10-12-20(4)17(3)11-13-21(5)16(2)8-7-9-18(20)21/h8,14,17-18H,7,9-13H2,1-6H3. The van der Waals surface area contributed by atoms with Gasteiger partial charge in [-0.15, -0.1) is 0 Å². The maximum Gasteiger partial charge on any atom is 0.330 e. The average Bonchev–Trinajstić information content (AvgIpc) is 2.52. The monoisotopic (exact) mass is 318 g/mol. The number of carbonyl (C=O) groups excluding carboxylic acids is 1. The van der Waals surface area contributed by atoms with Gasteiger partial charge in [-0.25, -0.2) is 4.79 Å². The van der Waals surface area contributed by atoms with Crippen LogP contribution in [-0.4, -0.2) is 13.1 Å². The van der Waals surface area contributed by atoms with E-state index in [-0.39, 0.29) is 5.97 Å². The zero-order valence-corrected chi connectivity index (χ0v) is 15.9. The number of rotatable bonds is 4. The van der Waals surface area contributed by atoms with Gasteiger partial charge in [0.2, 0.25) is 0 Å². The van der Waals surface area contributed by atoms with E-state index in [1.807, 2.05) is 0 Å². The smallest absolute Gasteiger partial charge is 0.330 e. The number of fused-ring (bicyclic) bond motifs is 1. The third-order valence-corrected chi connectivity index (χ3v) is 7.22. The number of ether oxygens (including phenoxy) is 1. The minimum Gasteiger partial charge on any atom is -0.466 e. The van der Waals surface area contributed by atoms with Crippen LogP contribution in [0.25, 0.3) is 0 Å². The summed E-state index contributed by atoms with van der Waals surface area (Å²) in [5.41, 5.74) is 3.47. The SMILES string of the molecule is COC(=O)C=C(C)CCC1(C)C(C)CCC2(C)C(C)=CCCC21. The Morgan fingerprint density at radius 1 is 1.39 bits per heavy atom. The Hall–Kier alpha value is -1.05. The number of hydrogen-bond acceptors (Lipinski definition) is 2. The van der Waals surface area contributed by atoms with E-state index in [9.17, 15) is 4.79 Å². The fraction of sp³-hybridized carbons (Fsp3) is 0.762. The maximum atomic E-state index is 11.4. The second-order valence-electron chi connectivity index (χ2n) is 8.39. The first-order valence-corrected chi connectivity index (χ1v) is 9.16. The van der Waals surface area contributed by atoms with Gasteiger partial charge in [-0.2, -0.15) is 0 Å². The summed E-state index contributed by atoms with van der Waals surface area (Å²) in [6, 6.07) is 0. The highest BCUT2D eigenvalue weighted by Crippen LogP contribution is 2.61. The van der Waals surface area contributed by atoms with Gasteiger partial charge in [-0.05, 0) is 75.0 Å². The van der Waals surface area contributed by atoms with Gasteiger partial charge in [-0.1, -0.05) is 38.0 Å². The highest BCUT2D eigenvalue weighted by molar-refractivity contribution is 5.82. The lowest BCUT2D eigenvalue weighted by molar-refractivity contribution is -0.134. The third-order valence-electron chi connectivity index (χ3n) is 7.22. The number of allylic oxidation sites excluding steroid dienone is 3. The lowest BCUT2D eigenvalue weighted by atomic mass is 9.47. The van der Waals surface area contributed by atoms with Gasteiger partial charge >= 0.3 is 5.97 Å². The summed E-state index contributed by atoms with van der Waals surface area (Å²) in [6.07, 6.45) is 11.5. The molecule has 1 saturated carbocycles. The summed E-state index contributed by atoms with van der Waals surface area (Å²) in [4.78, 5) is 11.4. The van der Waals surface area contributed by atoms with E-state index in [1.165, 1.54) is 39.2 Å². The van der Waals surface area contributed by atoms with Crippen LogP contribution in [-0.2, 0) is 9.53 Å². The fourth-order valence-corrected chi connectivity index (χ4v) is 5.13. The Morgan fingerprint density at radius 2 is 2.09 bits per heavy atom. The molecular formula is C21H34O2. The molecule has 1 fully saturated rings. The summed E-state index contributed by atoms with van der Waals surface area (Å²) >= 11 is 0. The normalized spacial score (nSPS) is 37.8. The van der Waals surface area contributed by atoms with Gasteiger partial charge < -0.3 is 4.74 Å². The molecular weight excluding hydrogens is 284 g/mol. The molecule has 0 amide bonds. The summed E-state index contributed by atoms with van der Waals surface area (Å²) < 4.78 is 4.75. The summed E-state index contributed by atoms with van der Waals surface area (Å²) in [5.74, 6) is 1.28. The first-order valence-electron chi connectivity index (χ1n) is 9.16. The molecule has 4 atom stereocenters. The van der Waals surface area contributed by atoms with Crippen molar-refractivity contribution in [2.75, 3.05) is 7.11 Å². The largest absolute Gasteiger partial charge is 0.466 e. The molecule has 0 aromatic rings. The molecule has 0 aromatic heterocycles. The van der Waals surface area contributed by atoms with E-state index in [0.717, 1.165) is 23.8 Å². The predicted octanol–water partition coefficient (Wildman–Crippen LogP) is 5.68. The van der Waals surface area contributed by atoms with E-state index in [1.54, 1.807) is 11.6 Å². The van der Waals surface area contributed by atoms with Crippen molar-refractivity contribution in [1.82, 2.24) is 0 Å². The average molecular weight is 319 g/mol. The minimum absolute atomic E-state index is 0.231. The van der Waals surface area contributed by atoms with Crippen molar-refractivity contribution in [3.05, 3.63) is 23.3 Å². The van der Waals surface area contributed by atoms with Gasteiger partial charge in [0.1, 0.15) is 0 Å². The molecule has 0 aliphatic heterocycles. The Balaban J connectivity index is 2.19.